The standard InChI is InChI=1S/C24H26ClN5O2/c25-18-11-9-17(10-12-18)15-30-23(26-16-27-30)21-7-3-13-29(21)24(31)28-20-6-4-14-32-22-8-2-1-5-19(20)22/h1-2,5,8-12,16,20-21H,3-4,6-7,13-15H2,(H,28,31)/t20?,21-/m1/s1. The number of likely N-dealkylation sites (tertiary alicyclic amines) is 1. The summed E-state index contributed by atoms with van der Waals surface area (Å²) in [6, 6.07) is 15.5. The molecule has 0 radical (unpaired) electrons. The number of para-hydroxylation sites is 1. The third kappa shape index (κ3) is 4.30. The number of aromatic nitrogens is 3. The van der Waals surface area contributed by atoms with Gasteiger partial charge in [0.15, 0.2) is 0 Å². The van der Waals surface area contributed by atoms with Gasteiger partial charge in [0.1, 0.15) is 17.9 Å². The topological polar surface area (TPSA) is 72.3 Å². The SMILES string of the molecule is O=C(NC1CCCOc2ccccc21)N1CCC[C@@H]1c1ncnn1Cc1ccc(Cl)cc1. The molecule has 2 atom stereocenters. The van der Waals surface area contributed by atoms with Crippen LogP contribution in [0.5, 0.6) is 5.75 Å². The summed E-state index contributed by atoms with van der Waals surface area (Å²) in [5, 5.41) is 8.39. The Kier molecular flexibility index (Phi) is 5.99. The molecule has 1 N–H and O–H groups in total. The fraction of sp³-hybridized carbons (Fsp3) is 0.375. The molecule has 5 rings (SSSR count). The molecule has 3 heterocycles. The molecule has 1 aromatic heterocycles. The van der Waals surface area contributed by atoms with Gasteiger partial charge >= 0.3 is 6.03 Å². The first-order valence-corrected chi connectivity index (χ1v) is 11.5. The van der Waals surface area contributed by atoms with E-state index in [1.54, 1.807) is 6.33 Å². The second kappa shape index (κ2) is 9.20. The molecular formula is C24H26ClN5O2. The summed E-state index contributed by atoms with van der Waals surface area (Å²) in [7, 11) is 0. The number of urea groups is 1. The molecule has 8 heteroatoms. The third-order valence-electron chi connectivity index (χ3n) is 6.19. The Bertz CT molecular complexity index is 1080. The van der Waals surface area contributed by atoms with E-state index in [2.05, 4.69) is 15.4 Å². The van der Waals surface area contributed by atoms with Crippen molar-refractivity contribution < 1.29 is 9.53 Å². The molecule has 2 amide bonds. The maximum Gasteiger partial charge on any atom is 0.318 e. The number of carbonyl (C=O) groups excluding carboxylic acids is 1. The van der Waals surface area contributed by atoms with Crippen molar-refractivity contribution in [3.05, 3.63) is 76.8 Å². The molecule has 2 aliphatic rings. The Balaban J connectivity index is 1.33. The van der Waals surface area contributed by atoms with Gasteiger partial charge in [-0.3, -0.25) is 0 Å². The van der Waals surface area contributed by atoms with Crippen LogP contribution in [0.25, 0.3) is 0 Å². The summed E-state index contributed by atoms with van der Waals surface area (Å²) in [6.07, 6.45) is 5.14. The smallest absolute Gasteiger partial charge is 0.318 e. The number of fused-ring (bicyclic) bond motifs is 1. The van der Waals surface area contributed by atoms with E-state index in [1.807, 2.05) is 58.1 Å². The number of hydrogen-bond acceptors (Lipinski definition) is 4. The minimum Gasteiger partial charge on any atom is -0.493 e. The Morgan fingerprint density at radius 3 is 2.84 bits per heavy atom. The van der Waals surface area contributed by atoms with Crippen molar-refractivity contribution in [1.29, 1.82) is 0 Å². The summed E-state index contributed by atoms with van der Waals surface area (Å²) in [5.74, 6) is 1.67. The molecule has 1 fully saturated rings. The summed E-state index contributed by atoms with van der Waals surface area (Å²) in [4.78, 5) is 19.8. The van der Waals surface area contributed by atoms with Gasteiger partial charge < -0.3 is 15.0 Å². The molecule has 2 aliphatic heterocycles. The summed E-state index contributed by atoms with van der Waals surface area (Å²) in [6.45, 7) is 1.96. The number of carbonyl (C=O) groups is 1. The molecular weight excluding hydrogens is 426 g/mol. The number of nitrogens with one attached hydrogen (secondary N) is 1. The number of benzene rings is 2. The lowest BCUT2D eigenvalue weighted by molar-refractivity contribution is 0.185. The van der Waals surface area contributed by atoms with E-state index >= 15 is 0 Å². The number of halogens is 1. The predicted octanol–water partition coefficient (Wildman–Crippen LogP) is 4.74. The first-order valence-electron chi connectivity index (χ1n) is 11.1. The van der Waals surface area contributed by atoms with Crippen molar-refractivity contribution in [2.24, 2.45) is 0 Å². The monoisotopic (exact) mass is 451 g/mol. The fourth-order valence-corrected chi connectivity index (χ4v) is 4.73. The highest BCUT2D eigenvalue weighted by molar-refractivity contribution is 6.30. The third-order valence-corrected chi connectivity index (χ3v) is 6.44. The Morgan fingerprint density at radius 2 is 1.97 bits per heavy atom. The molecule has 1 unspecified atom stereocenters. The average molecular weight is 452 g/mol. The quantitative estimate of drug-likeness (QED) is 0.621. The van der Waals surface area contributed by atoms with Crippen LogP contribution in [0, 0.1) is 0 Å². The summed E-state index contributed by atoms with van der Waals surface area (Å²) in [5.41, 5.74) is 2.13. The minimum absolute atomic E-state index is 0.0600. The van der Waals surface area contributed by atoms with Crippen LogP contribution < -0.4 is 10.1 Å². The zero-order chi connectivity index (χ0) is 21.9. The van der Waals surface area contributed by atoms with Crippen LogP contribution in [0.4, 0.5) is 4.79 Å². The maximum absolute atomic E-state index is 13.4. The second-order valence-corrected chi connectivity index (χ2v) is 8.72. The minimum atomic E-state index is -0.0953. The van der Waals surface area contributed by atoms with Gasteiger partial charge in [-0.2, -0.15) is 5.10 Å². The van der Waals surface area contributed by atoms with Crippen molar-refractivity contribution >= 4 is 17.6 Å². The fourth-order valence-electron chi connectivity index (χ4n) is 4.60. The highest BCUT2D eigenvalue weighted by Gasteiger charge is 2.34. The van der Waals surface area contributed by atoms with E-state index in [0.717, 1.165) is 48.4 Å². The van der Waals surface area contributed by atoms with Crippen molar-refractivity contribution in [2.75, 3.05) is 13.2 Å². The van der Waals surface area contributed by atoms with Crippen LogP contribution in [0.1, 0.15) is 54.7 Å². The van der Waals surface area contributed by atoms with E-state index in [1.165, 1.54) is 0 Å². The Hall–Kier alpha value is -3.06. The zero-order valence-electron chi connectivity index (χ0n) is 17.8. The largest absolute Gasteiger partial charge is 0.493 e. The maximum atomic E-state index is 13.4. The summed E-state index contributed by atoms with van der Waals surface area (Å²) >= 11 is 6.01. The molecule has 0 bridgehead atoms. The van der Waals surface area contributed by atoms with Crippen molar-refractivity contribution in [2.45, 2.75) is 44.3 Å². The average Bonchev–Trinajstić information content (AvgIpc) is 3.42. The summed E-state index contributed by atoms with van der Waals surface area (Å²) < 4.78 is 7.73. The molecule has 3 aromatic rings. The van der Waals surface area contributed by atoms with E-state index in [9.17, 15) is 4.79 Å². The van der Waals surface area contributed by atoms with Gasteiger partial charge in [-0.25, -0.2) is 14.5 Å². The van der Waals surface area contributed by atoms with E-state index in [-0.39, 0.29) is 18.1 Å². The normalized spacial score (nSPS) is 20.3. The number of rotatable bonds is 4. The first-order chi connectivity index (χ1) is 15.7. The molecule has 2 aromatic carbocycles. The molecule has 166 valence electrons. The van der Waals surface area contributed by atoms with Gasteiger partial charge in [-0.05, 0) is 49.4 Å². The van der Waals surface area contributed by atoms with Crippen LogP contribution in [-0.4, -0.2) is 38.8 Å². The Labute approximate surface area is 192 Å². The number of nitrogens with zero attached hydrogens (tertiary/aromatic N) is 4. The van der Waals surface area contributed by atoms with Crippen LogP contribution in [0.3, 0.4) is 0 Å². The van der Waals surface area contributed by atoms with E-state index in [4.69, 9.17) is 16.3 Å². The number of hydrogen-bond donors (Lipinski definition) is 1. The lowest BCUT2D eigenvalue weighted by Crippen LogP contribution is -2.41. The molecule has 7 nitrogen and oxygen atoms in total. The number of ether oxygens (including phenoxy) is 1. The van der Waals surface area contributed by atoms with Crippen LogP contribution in [0.15, 0.2) is 54.9 Å². The van der Waals surface area contributed by atoms with Crippen LogP contribution >= 0.6 is 11.6 Å². The molecule has 1 saturated heterocycles. The molecule has 0 spiro atoms. The van der Waals surface area contributed by atoms with Crippen LogP contribution in [-0.2, 0) is 6.54 Å². The van der Waals surface area contributed by atoms with Crippen LogP contribution in [0.2, 0.25) is 5.02 Å². The van der Waals surface area contributed by atoms with Gasteiger partial charge in [-0.15, -0.1) is 0 Å². The van der Waals surface area contributed by atoms with Gasteiger partial charge in [-0.1, -0.05) is 41.9 Å². The van der Waals surface area contributed by atoms with E-state index < -0.39 is 0 Å². The van der Waals surface area contributed by atoms with Crippen molar-refractivity contribution in [1.82, 2.24) is 25.0 Å². The predicted molar refractivity (Wildman–Crippen MR) is 122 cm³/mol. The first kappa shape index (κ1) is 20.8. The second-order valence-electron chi connectivity index (χ2n) is 8.28. The van der Waals surface area contributed by atoms with Gasteiger partial charge in [0, 0.05) is 17.1 Å². The van der Waals surface area contributed by atoms with Gasteiger partial charge in [0.05, 0.1) is 25.2 Å². The van der Waals surface area contributed by atoms with Gasteiger partial charge in [0.25, 0.3) is 0 Å². The zero-order valence-corrected chi connectivity index (χ0v) is 18.5. The van der Waals surface area contributed by atoms with E-state index in [0.29, 0.717) is 24.7 Å². The van der Waals surface area contributed by atoms with Gasteiger partial charge in [0.2, 0.25) is 0 Å². The highest BCUT2D eigenvalue weighted by Crippen LogP contribution is 2.34. The molecule has 0 saturated carbocycles. The number of amides is 2. The molecule has 0 aliphatic carbocycles. The lowest BCUT2D eigenvalue weighted by Gasteiger charge is -2.27. The van der Waals surface area contributed by atoms with Crippen molar-refractivity contribution in [3.63, 3.8) is 0 Å². The Morgan fingerprint density at radius 1 is 1.12 bits per heavy atom. The lowest BCUT2D eigenvalue weighted by atomic mass is 10.0. The molecule has 32 heavy (non-hydrogen) atoms. The highest BCUT2D eigenvalue weighted by atomic mass is 35.5. The van der Waals surface area contributed by atoms with Crippen molar-refractivity contribution in [3.8, 4) is 5.75 Å².